The van der Waals surface area contributed by atoms with Crippen LogP contribution in [-0.2, 0) is 15.1 Å². The third-order valence-corrected chi connectivity index (χ3v) is 5.37. The number of nitrogens with one attached hydrogen (secondary N) is 3. The van der Waals surface area contributed by atoms with E-state index >= 15 is 0 Å². The number of amides is 6. The molecule has 0 aromatic heterocycles. The first-order chi connectivity index (χ1) is 15.3. The lowest BCUT2D eigenvalue weighted by atomic mass is 9.92. The Bertz CT molecular complexity index is 1120. The van der Waals surface area contributed by atoms with Crippen LogP contribution in [0.5, 0.6) is 11.5 Å². The quantitative estimate of drug-likeness (QED) is 0.603. The van der Waals surface area contributed by atoms with E-state index in [1.54, 1.807) is 42.5 Å². The van der Waals surface area contributed by atoms with Crippen molar-refractivity contribution < 1.29 is 28.7 Å². The molecule has 4 rings (SSSR count). The van der Waals surface area contributed by atoms with Crippen molar-refractivity contribution in [2.75, 3.05) is 25.1 Å². The summed E-state index contributed by atoms with van der Waals surface area (Å²) in [5.41, 5.74) is -0.650. The third-order valence-electron chi connectivity index (χ3n) is 5.04. The van der Waals surface area contributed by atoms with Crippen molar-refractivity contribution >= 4 is 41.2 Å². The fourth-order valence-corrected chi connectivity index (χ4v) is 3.81. The summed E-state index contributed by atoms with van der Waals surface area (Å²) in [6, 6.07) is 9.78. The molecule has 0 radical (unpaired) electrons. The zero-order chi connectivity index (χ0) is 22.9. The molecular weight excluding hydrogens is 440 g/mol. The molecule has 0 spiro atoms. The van der Waals surface area contributed by atoms with Gasteiger partial charge in [0.2, 0.25) is 5.91 Å². The summed E-state index contributed by atoms with van der Waals surface area (Å²) >= 11 is 6.18. The van der Waals surface area contributed by atoms with Crippen molar-refractivity contribution in [3.05, 3.63) is 53.1 Å². The number of fused-ring (bicyclic) bond motifs is 1. The molecule has 0 unspecified atom stereocenters. The van der Waals surface area contributed by atoms with E-state index in [1.165, 1.54) is 6.92 Å². The summed E-state index contributed by atoms with van der Waals surface area (Å²) in [7, 11) is 0. The number of anilines is 1. The maximum absolute atomic E-state index is 12.9. The molecule has 1 fully saturated rings. The normalized spacial score (nSPS) is 19.4. The van der Waals surface area contributed by atoms with Crippen LogP contribution in [0, 0.1) is 0 Å². The van der Waals surface area contributed by atoms with Crippen molar-refractivity contribution in [3.8, 4) is 11.5 Å². The van der Waals surface area contributed by atoms with Crippen LogP contribution in [0.2, 0.25) is 5.02 Å². The fourth-order valence-electron chi connectivity index (χ4n) is 3.48. The second-order valence-electron chi connectivity index (χ2n) is 7.29. The molecule has 11 heteroatoms. The van der Waals surface area contributed by atoms with Crippen LogP contribution in [0.3, 0.4) is 0 Å². The highest BCUT2D eigenvalue weighted by atomic mass is 35.5. The molecule has 32 heavy (non-hydrogen) atoms. The van der Waals surface area contributed by atoms with Crippen LogP contribution in [-0.4, -0.2) is 48.5 Å². The van der Waals surface area contributed by atoms with E-state index in [0.717, 1.165) is 4.90 Å². The molecule has 2 aromatic rings. The Labute approximate surface area is 187 Å². The zero-order valence-electron chi connectivity index (χ0n) is 16.9. The molecule has 6 amide bonds. The number of imide groups is 2. The topological polar surface area (TPSA) is 126 Å². The van der Waals surface area contributed by atoms with Crippen molar-refractivity contribution in [1.29, 1.82) is 0 Å². The molecule has 2 heterocycles. The Morgan fingerprint density at radius 1 is 1.12 bits per heavy atom. The first-order valence-electron chi connectivity index (χ1n) is 9.67. The minimum atomic E-state index is -1.43. The summed E-state index contributed by atoms with van der Waals surface area (Å²) in [6.07, 6.45) is 0. The Hall–Kier alpha value is -3.79. The van der Waals surface area contributed by atoms with Gasteiger partial charge in [0.25, 0.3) is 5.91 Å². The summed E-state index contributed by atoms with van der Waals surface area (Å²) in [5, 5.41) is 7.45. The zero-order valence-corrected chi connectivity index (χ0v) is 17.7. The third kappa shape index (κ3) is 4.04. The number of rotatable bonds is 4. The largest absolute Gasteiger partial charge is 0.486 e. The highest BCUT2D eigenvalue weighted by Crippen LogP contribution is 2.34. The molecule has 166 valence electrons. The van der Waals surface area contributed by atoms with Crippen LogP contribution in [0.15, 0.2) is 42.5 Å². The minimum Gasteiger partial charge on any atom is -0.486 e. The first kappa shape index (κ1) is 21.4. The van der Waals surface area contributed by atoms with Crippen molar-refractivity contribution in [3.63, 3.8) is 0 Å². The highest BCUT2D eigenvalue weighted by molar-refractivity contribution is 6.32. The van der Waals surface area contributed by atoms with Gasteiger partial charge in [-0.25, -0.2) is 9.59 Å². The molecule has 0 aliphatic carbocycles. The van der Waals surface area contributed by atoms with Gasteiger partial charge in [-0.15, -0.1) is 0 Å². The molecular formula is C21H19ClN4O6. The molecule has 0 saturated carbocycles. The average molecular weight is 459 g/mol. The van der Waals surface area contributed by atoms with Gasteiger partial charge in [0.15, 0.2) is 11.5 Å². The molecule has 3 N–H and O–H groups in total. The van der Waals surface area contributed by atoms with Crippen LogP contribution >= 0.6 is 11.6 Å². The molecule has 2 aromatic carbocycles. The van der Waals surface area contributed by atoms with Crippen LogP contribution in [0.1, 0.15) is 12.5 Å². The number of carbonyl (C=O) groups is 4. The number of hydrogen-bond acceptors (Lipinski definition) is 6. The van der Waals surface area contributed by atoms with E-state index in [2.05, 4.69) is 16.0 Å². The summed E-state index contributed by atoms with van der Waals surface area (Å²) in [4.78, 5) is 50.5. The Kier molecular flexibility index (Phi) is 5.62. The smallest absolute Gasteiger partial charge is 0.325 e. The van der Waals surface area contributed by atoms with Crippen molar-refractivity contribution in [1.82, 2.24) is 15.5 Å². The number of nitrogens with zero attached hydrogens (tertiary/aromatic N) is 1. The minimum absolute atomic E-state index is 0.300. The Morgan fingerprint density at radius 3 is 2.59 bits per heavy atom. The van der Waals surface area contributed by atoms with Gasteiger partial charge in [-0.3, -0.25) is 19.8 Å². The number of carbonyl (C=O) groups excluding carboxylic acids is 4. The van der Waals surface area contributed by atoms with Gasteiger partial charge >= 0.3 is 12.1 Å². The maximum Gasteiger partial charge on any atom is 0.325 e. The lowest BCUT2D eigenvalue weighted by molar-refractivity contribution is -0.134. The first-order valence-corrected chi connectivity index (χ1v) is 10.1. The number of hydrogen-bond donors (Lipinski definition) is 3. The molecule has 1 saturated heterocycles. The molecule has 0 bridgehead atoms. The lowest BCUT2D eigenvalue weighted by Gasteiger charge is -2.23. The van der Waals surface area contributed by atoms with Crippen molar-refractivity contribution in [2.24, 2.45) is 0 Å². The molecule has 1 atom stereocenters. The maximum atomic E-state index is 12.9. The van der Waals surface area contributed by atoms with E-state index in [9.17, 15) is 19.2 Å². The van der Waals surface area contributed by atoms with Gasteiger partial charge in [0.05, 0.1) is 0 Å². The van der Waals surface area contributed by atoms with Gasteiger partial charge in [-0.2, -0.15) is 0 Å². The summed E-state index contributed by atoms with van der Waals surface area (Å²) in [6.45, 7) is 1.69. The fraction of sp³-hybridized carbons (Fsp3) is 0.238. The van der Waals surface area contributed by atoms with Gasteiger partial charge in [0, 0.05) is 22.3 Å². The van der Waals surface area contributed by atoms with E-state index < -0.39 is 36.0 Å². The standard InChI is InChI=1S/C21H19ClN4O6/c1-21(13-4-2-3-5-14(13)22)18(28)26(20(30)25-21)11-17(27)24-19(29)23-12-6-7-15-16(10-12)32-9-8-31-15/h2-7,10H,8-9,11H2,1H3,(H,25,30)(H2,23,24,27,29)/t21-/m1/s1. The predicted octanol–water partition coefficient (Wildman–Crippen LogP) is 2.23. The second-order valence-corrected chi connectivity index (χ2v) is 7.69. The average Bonchev–Trinajstić information content (AvgIpc) is 2.97. The SMILES string of the molecule is C[C@]1(c2ccccc2Cl)NC(=O)N(CC(=O)NC(=O)Nc2ccc3c(c2)OCCO3)C1=O. The van der Waals surface area contributed by atoms with Crippen LogP contribution in [0.4, 0.5) is 15.3 Å². The van der Waals surface area contributed by atoms with E-state index in [4.69, 9.17) is 21.1 Å². The summed E-state index contributed by atoms with van der Waals surface area (Å²) in [5.74, 6) is -0.470. The monoisotopic (exact) mass is 458 g/mol. The van der Waals surface area contributed by atoms with Gasteiger partial charge in [-0.1, -0.05) is 29.8 Å². The highest BCUT2D eigenvalue weighted by Gasteiger charge is 2.50. The van der Waals surface area contributed by atoms with Gasteiger partial charge < -0.3 is 20.1 Å². The summed E-state index contributed by atoms with van der Waals surface area (Å²) < 4.78 is 10.8. The van der Waals surface area contributed by atoms with Gasteiger partial charge in [-0.05, 0) is 25.1 Å². The number of ether oxygens (including phenoxy) is 2. The number of urea groups is 2. The Morgan fingerprint density at radius 2 is 1.84 bits per heavy atom. The van der Waals surface area contributed by atoms with E-state index in [0.29, 0.717) is 41.0 Å². The van der Waals surface area contributed by atoms with Crippen LogP contribution in [0.25, 0.3) is 0 Å². The Balaban J connectivity index is 1.38. The number of halogens is 1. The number of benzene rings is 2. The van der Waals surface area contributed by atoms with Crippen molar-refractivity contribution in [2.45, 2.75) is 12.5 Å². The molecule has 2 aliphatic heterocycles. The van der Waals surface area contributed by atoms with Crippen LogP contribution < -0.4 is 25.4 Å². The predicted molar refractivity (Wildman–Crippen MR) is 114 cm³/mol. The van der Waals surface area contributed by atoms with E-state index in [-0.39, 0.29) is 0 Å². The second kappa shape index (κ2) is 8.39. The van der Waals surface area contributed by atoms with Gasteiger partial charge in [0.1, 0.15) is 25.3 Å². The lowest BCUT2D eigenvalue weighted by Crippen LogP contribution is -2.45. The van der Waals surface area contributed by atoms with E-state index in [1.807, 2.05) is 0 Å². The molecule has 2 aliphatic rings. The molecule has 10 nitrogen and oxygen atoms in total.